The van der Waals surface area contributed by atoms with Crippen LogP contribution >= 0.6 is 0 Å². The van der Waals surface area contributed by atoms with Crippen molar-refractivity contribution in [2.75, 3.05) is 6.61 Å². The van der Waals surface area contributed by atoms with E-state index in [0.29, 0.717) is 0 Å². The van der Waals surface area contributed by atoms with Gasteiger partial charge in [-0.15, -0.1) is 0 Å². The summed E-state index contributed by atoms with van der Waals surface area (Å²) >= 11 is 0. The van der Waals surface area contributed by atoms with Gasteiger partial charge in [0.25, 0.3) is 11.6 Å². The van der Waals surface area contributed by atoms with Gasteiger partial charge >= 0.3 is 5.69 Å². The maximum Gasteiger partial charge on any atom is 0.310 e. The fraction of sp³-hybridized carbons (Fsp3) is 0.0667. The minimum Gasteiger partial charge on any atom is -0.507 e. The van der Waals surface area contributed by atoms with Gasteiger partial charge in [0.2, 0.25) is 0 Å². The topological polar surface area (TPSA) is 157 Å². The Morgan fingerprint density at radius 1 is 1.19 bits per heavy atom. The third kappa shape index (κ3) is 4.74. The van der Waals surface area contributed by atoms with E-state index in [0.717, 1.165) is 24.4 Å². The summed E-state index contributed by atoms with van der Waals surface area (Å²) in [6.07, 6.45) is 1.02. The smallest absolute Gasteiger partial charge is 0.310 e. The van der Waals surface area contributed by atoms with Crippen molar-refractivity contribution in [3.05, 3.63) is 68.3 Å². The Hall–Kier alpha value is -4.02. The number of nitrogens with one attached hydrogen (secondary N) is 1. The van der Waals surface area contributed by atoms with Crippen LogP contribution in [0.3, 0.4) is 0 Å². The van der Waals surface area contributed by atoms with Crippen LogP contribution < -0.4 is 10.2 Å². The normalized spacial score (nSPS) is 10.5. The molecule has 2 rings (SSSR count). The fourth-order valence-electron chi connectivity index (χ4n) is 1.84. The molecule has 0 saturated carbocycles. The molecule has 2 aromatic carbocycles. The number of benzene rings is 2. The minimum atomic E-state index is -0.718. The summed E-state index contributed by atoms with van der Waals surface area (Å²) in [5.41, 5.74) is 1.57. The molecule has 11 nitrogen and oxygen atoms in total. The number of para-hydroxylation sites is 2. The number of aromatic hydroxyl groups is 1. The van der Waals surface area contributed by atoms with Gasteiger partial charge < -0.3 is 9.84 Å². The molecule has 0 aliphatic rings. The number of rotatable bonds is 7. The quantitative estimate of drug-likeness (QED) is 0.432. The van der Waals surface area contributed by atoms with Crippen LogP contribution in [-0.2, 0) is 4.79 Å². The Bertz CT molecular complexity index is 882. The zero-order chi connectivity index (χ0) is 19.1. The molecule has 134 valence electrons. The summed E-state index contributed by atoms with van der Waals surface area (Å²) in [4.78, 5) is 31.9. The highest BCUT2D eigenvalue weighted by molar-refractivity contribution is 5.86. The lowest BCUT2D eigenvalue weighted by atomic mass is 10.2. The van der Waals surface area contributed by atoms with Gasteiger partial charge in [-0.25, -0.2) is 5.43 Å². The second kappa shape index (κ2) is 8.19. The van der Waals surface area contributed by atoms with Crippen molar-refractivity contribution >= 4 is 23.5 Å². The highest BCUT2D eigenvalue weighted by atomic mass is 16.6. The van der Waals surface area contributed by atoms with Crippen molar-refractivity contribution < 1.29 is 24.5 Å². The van der Waals surface area contributed by atoms with E-state index < -0.39 is 22.4 Å². The molecule has 0 spiro atoms. The van der Waals surface area contributed by atoms with E-state index in [9.17, 15) is 30.1 Å². The number of phenols is 1. The third-order valence-corrected chi connectivity index (χ3v) is 3.04. The number of carbonyl (C=O) groups is 1. The molecular weight excluding hydrogens is 348 g/mol. The molecule has 2 N–H and O–H groups in total. The molecule has 0 heterocycles. The van der Waals surface area contributed by atoms with Crippen molar-refractivity contribution in [1.82, 2.24) is 5.43 Å². The van der Waals surface area contributed by atoms with E-state index in [1.807, 2.05) is 0 Å². The molecule has 11 heteroatoms. The number of hydrazone groups is 1. The number of nitrogens with zero attached hydrogens (tertiary/aromatic N) is 3. The average molecular weight is 360 g/mol. The molecular formula is C15H12N4O7. The average Bonchev–Trinajstić information content (AvgIpc) is 2.61. The Morgan fingerprint density at radius 3 is 2.62 bits per heavy atom. The van der Waals surface area contributed by atoms with Crippen LogP contribution in [0.4, 0.5) is 11.4 Å². The summed E-state index contributed by atoms with van der Waals surface area (Å²) in [7, 11) is 0. The predicted molar refractivity (Wildman–Crippen MR) is 89.1 cm³/mol. The molecule has 0 bridgehead atoms. The van der Waals surface area contributed by atoms with Crippen LogP contribution in [0.25, 0.3) is 0 Å². The summed E-state index contributed by atoms with van der Waals surface area (Å²) < 4.78 is 5.07. The Morgan fingerprint density at radius 2 is 1.92 bits per heavy atom. The Kier molecular flexibility index (Phi) is 5.77. The largest absolute Gasteiger partial charge is 0.507 e. The van der Waals surface area contributed by atoms with Crippen molar-refractivity contribution in [1.29, 1.82) is 0 Å². The van der Waals surface area contributed by atoms with Gasteiger partial charge in [0, 0.05) is 23.8 Å². The van der Waals surface area contributed by atoms with Crippen molar-refractivity contribution in [2.45, 2.75) is 0 Å². The first-order valence-electron chi connectivity index (χ1n) is 7.04. The summed E-state index contributed by atoms with van der Waals surface area (Å²) in [6, 6.07) is 8.87. The second-order valence-corrected chi connectivity index (χ2v) is 4.81. The standard InChI is InChI=1S/C15H12N4O7/c20-13-6-5-11(18(22)23)7-10(13)8-16-17-15(21)9-26-14-4-2-1-3-12(14)19(24)25/h1-8,20H,9H2,(H,17,21)/b16-8-. The zero-order valence-electron chi connectivity index (χ0n) is 13.1. The number of amides is 1. The van der Waals surface area contributed by atoms with E-state index in [1.165, 1.54) is 24.3 Å². The van der Waals surface area contributed by atoms with Crippen molar-refractivity contribution in [3.63, 3.8) is 0 Å². The Balaban J connectivity index is 1.95. The van der Waals surface area contributed by atoms with Crippen molar-refractivity contribution in [3.8, 4) is 11.5 Å². The van der Waals surface area contributed by atoms with E-state index in [-0.39, 0.29) is 28.4 Å². The maximum atomic E-state index is 11.7. The van der Waals surface area contributed by atoms with Gasteiger partial charge in [0.1, 0.15) is 5.75 Å². The van der Waals surface area contributed by atoms with E-state index in [2.05, 4.69) is 10.5 Å². The highest BCUT2D eigenvalue weighted by Gasteiger charge is 2.14. The molecule has 0 atom stereocenters. The van der Waals surface area contributed by atoms with Crippen molar-refractivity contribution in [2.24, 2.45) is 5.10 Å². The van der Waals surface area contributed by atoms with Crippen LogP contribution in [0, 0.1) is 20.2 Å². The lowest BCUT2D eigenvalue weighted by Gasteiger charge is -2.05. The summed E-state index contributed by atoms with van der Waals surface area (Å²) in [6.45, 7) is -0.539. The molecule has 0 saturated heterocycles. The van der Waals surface area contributed by atoms with Gasteiger partial charge in [-0.1, -0.05) is 12.1 Å². The first kappa shape index (κ1) is 18.3. The third-order valence-electron chi connectivity index (χ3n) is 3.04. The van der Waals surface area contributed by atoms with Crippen LogP contribution in [0.2, 0.25) is 0 Å². The summed E-state index contributed by atoms with van der Waals surface area (Å²) in [5.74, 6) is -1.05. The molecule has 0 aliphatic heterocycles. The van der Waals surface area contributed by atoms with Crippen LogP contribution in [0.15, 0.2) is 47.6 Å². The molecule has 26 heavy (non-hydrogen) atoms. The molecule has 0 aliphatic carbocycles. The minimum absolute atomic E-state index is 0.0270. The SMILES string of the molecule is O=C(COc1ccccc1[N+](=O)[O-])N/N=C\c1cc([N+](=O)[O-])ccc1O. The predicted octanol–water partition coefficient (Wildman–Crippen LogP) is 1.74. The van der Waals surface area contributed by atoms with Gasteiger partial charge in [-0.2, -0.15) is 5.10 Å². The highest BCUT2D eigenvalue weighted by Crippen LogP contribution is 2.25. The number of phenolic OH excluding ortho intramolecular Hbond substituents is 1. The van der Waals surface area contributed by atoms with Gasteiger partial charge in [0.15, 0.2) is 12.4 Å². The first-order chi connectivity index (χ1) is 12.4. The van der Waals surface area contributed by atoms with Crippen LogP contribution in [-0.4, -0.2) is 33.7 Å². The number of non-ortho nitro benzene ring substituents is 1. The van der Waals surface area contributed by atoms with Crippen LogP contribution in [0.5, 0.6) is 11.5 Å². The monoisotopic (exact) mass is 360 g/mol. The van der Waals surface area contributed by atoms with E-state index >= 15 is 0 Å². The Labute approximate surface area is 145 Å². The lowest BCUT2D eigenvalue weighted by molar-refractivity contribution is -0.385. The number of hydrogen-bond acceptors (Lipinski definition) is 8. The second-order valence-electron chi connectivity index (χ2n) is 4.81. The number of hydrogen-bond donors (Lipinski definition) is 2. The number of ether oxygens (including phenoxy) is 1. The molecule has 1 amide bonds. The molecule has 0 radical (unpaired) electrons. The maximum absolute atomic E-state index is 11.7. The number of nitro benzene ring substituents is 2. The number of nitro groups is 2. The molecule has 0 unspecified atom stereocenters. The molecule has 0 aromatic heterocycles. The van der Waals surface area contributed by atoms with E-state index in [1.54, 1.807) is 0 Å². The van der Waals surface area contributed by atoms with Gasteiger partial charge in [-0.3, -0.25) is 25.0 Å². The lowest BCUT2D eigenvalue weighted by Crippen LogP contribution is -2.24. The summed E-state index contributed by atoms with van der Waals surface area (Å²) in [5, 5.41) is 34.7. The van der Waals surface area contributed by atoms with Gasteiger partial charge in [0.05, 0.1) is 16.1 Å². The van der Waals surface area contributed by atoms with E-state index in [4.69, 9.17) is 4.74 Å². The molecule has 2 aromatic rings. The fourth-order valence-corrected chi connectivity index (χ4v) is 1.84. The van der Waals surface area contributed by atoms with Gasteiger partial charge in [-0.05, 0) is 12.1 Å². The number of carbonyl (C=O) groups excluding carboxylic acids is 1. The molecule has 0 fully saturated rings. The van der Waals surface area contributed by atoms with Crippen LogP contribution in [0.1, 0.15) is 5.56 Å². The zero-order valence-corrected chi connectivity index (χ0v) is 13.1. The first-order valence-corrected chi connectivity index (χ1v) is 7.04.